The van der Waals surface area contributed by atoms with Gasteiger partial charge in [-0.15, -0.1) is 0 Å². The fourth-order valence-electron chi connectivity index (χ4n) is 5.10. The quantitative estimate of drug-likeness (QED) is 0.615. The lowest BCUT2D eigenvalue weighted by molar-refractivity contribution is -0.0129. The Bertz CT molecular complexity index is 427. The van der Waals surface area contributed by atoms with E-state index in [1.165, 1.54) is 38.5 Å². The van der Waals surface area contributed by atoms with Gasteiger partial charge in [-0.1, -0.05) is 0 Å². The van der Waals surface area contributed by atoms with E-state index in [4.69, 9.17) is 4.74 Å². The average Bonchev–Trinajstić information content (AvgIpc) is 2.32. The second-order valence-corrected chi connectivity index (χ2v) is 8.51. The van der Waals surface area contributed by atoms with Gasteiger partial charge in [-0.2, -0.15) is 5.10 Å². The number of rotatable bonds is 2. The molecule has 0 aliphatic heterocycles. The Morgan fingerprint density at radius 2 is 1.57 bits per heavy atom. The molecule has 0 unspecified atom stereocenters. The highest BCUT2D eigenvalue weighted by Crippen LogP contribution is 2.60. The highest BCUT2D eigenvalue weighted by Gasteiger charge is 2.52. The predicted octanol–water partition coefficient (Wildman–Crippen LogP) is 4.10. The molecular formula is C17H28N2O2. The smallest absolute Gasteiger partial charge is 0.428 e. The van der Waals surface area contributed by atoms with E-state index >= 15 is 0 Å². The van der Waals surface area contributed by atoms with Gasteiger partial charge in [0.15, 0.2) is 0 Å². The molecule has 0 aromatic heterocycles. The molecule has 4 aliphatic rings. The standard InChI is InChI=1S/C17H28N2O2/c1-11(18-19-15(20)21-16(2,3)4)17-8-12-5-13(9-17)7-14(6-12)10-17/h12-14H,5-10H2,1-4H3,(H,19,20). The molecule has 0 heterocycles. The second kappa shape index (κ2) is 4.99. The van der Waals surface area contributed by atoms with E-state index in [9.17, 15) is 4.79 Å². The summed E-state index contributed by atoms with van der Waals surface area (Å²) in [5, 5.41) is 4.39. The highest BCUT2D eigenvalue weighted by molar-refractivity contribution is 5.89. The third-order valence-corrected chi connectivity index (χ3v) is 5.52. The van der Waals surface area contributed by atoms with Crippen LogP contribution in [0.15, 0.2) is 5.10 Å². The van der Waals surface area contributed by atoms with Crippen molar-refractivity contribution in [3.05, 3.63) is 0 Å². The van der Waals surface area contributed by atoms with Crippen molar-refractivity contribution in [3.8, 4) is 0 Å². The van der Waals surface area contributed by atoms with Crippen LogP contribution in [0.1, 0.15) is 66.2 Å². The van der Waals surface area contributed by atoms with E-state index in [1.807, 2.05) is 20.8 Å². The Morgan fingerprint density at radius 1 is 1.10 bits per heavy atom. The van der Waals surface area contributed by atoms with Crippen LogP contribution in [0, 0.1) is 23.2 Å². The zero-order valence-corrected chi connectivity index (χ0v) is 13.7. The van der Waals surface area contributed by atoms with Crippen LogP contribution < -0.4 is 5.43 Å². The van der Waals surface area contributed by atoms with Crippen LogP contribution in [0.25, 0.3) is 0 Å². The summed E-state index contributed by atoms with van der Waals surface area (Å²) in [6, 6.07) is 0. The van der Waals surface area contributed by atoms with Crippen LogP contribution in [0.2, 0.25) is 0 Å². The van der Waals surface area contributed by atoms with Crippen LogP contribution in [-0.2, 0) is 4.74 Å². The molecule has 0 radical (unpaired) electrons. The summed E-state index contributed by atoms with van der Waals surface area (Å²) in [4.78, 5) is 11.7. The summed E-state index contributed by atoms with van der Waals surface area (Å²) >= 11 is 0. The lowest BCUT2D eigenvalue weighted by atomic mass is 9.48. The molecule has 4 nitrogen and oxygen atoms in total. The summed E-state index contributed by atoms with van der Waals surface area (Å²) in [5.74, 6) is 2.67. The number of hydrogen-bond acceptors (Lipinski definition) is 3. The minimum absolute atomic E-state index is 0.254. The van der Waals surface area contributed by atoms with E-state index in [2.05, 4.69) is 17.5 Å². The summed E-state index contributed by atoms with van der Waals surface area (Å²) in [6.07, 6.45) is 7.62. The average molecular weight is 292 g/mol. The fraction of sp³-hybridized carbons (Fsp3) is 0.882. The maximum Gasteiger partial charge on any atom is 0.428 e. The molecule has 118 valence electrons. The minimum Gasteiger partial charge on any atom is -0.443 e. The van der Waals surface area contributed by atoms with Gasteiger partial charge >= 0.3 is 6.09 Å². The van der Waals surface area contributed by atoms with E-state index in [0.29, 0.717) is 0 Å². The molecule has 4 fully saturated rings. The van der Waals surface area contributed by atoms with Gasteiger partial charge in [0.25, 0.3) is 0 Å². The van der Waals surface area contributed by atoms with E-state index in [1.54, 1.807) is 0 Å². The number of hydrazone groups is 1. The minimum atomic E-state index is -0.478. The molecule has 4 saturated carbocycles. The lowest BCUT2D eigenvalue weighted by Crippen LogP contribution is -2.49. The molecule has 0 aromatic carbocycles. The van der Waals surface area contributed by atoms with Crippen molar-refractivity contribution < 1.29 is 9.53 Å². The van der Waals surface area contributed by atoms with Crippen molar-refractivity contribution in [3.63, 3.8) is 0 Å². The summed E-state index contributed by atoms with van der Waals surface area (Å²) in [5.41, 5.74) is 3.47. The number of nitrogens with zero attached hydrogens (tertiary/aromatic N) is 1. The number of carbonyl (C=O) groups is 1. The maximum absolute atomic E-state index is 11.7. The molecule has 4 aliphatic carbocycles. The second-order valence-electron chi connectivity index (χ2n) is 8.51. The van der Waals surface area contributed by atoms with Crippen molar-refractivity contribution in [2.24, 2.45) is 28.3 Å². The molecule has 1 N–H and O–H groups in total. The third-order valence-electron chi connectivity index (χ3n) is 5.52. The van der Waals surface area contributed by atoms with E-state index in [-0.39, 0.29) is 5.41 Å². The van der Waals surface area contributed by atoms with Gasteiger partial charge in [-0.05, 0) is 84.0 Å². The lowest BCUT2D eigenvalue weighted by Gasteiger charge is -2.56. The molecule has 0 aromatic rings. The Balaban J connectivity index is 1.66. The van der Waals surface area contributed by atoms with Crippen LogP contribution in [-0.4, -0.2) is 17.4 Å². The molecule has 1 amide bonds. The Morgan fingerprint density at radius 3 is 2.00 bits per heavy atom. The molecule has 4 heteroatoms. The fourth-order valence-corrected chi connectivity index (χ4v) is 5.10. The van der Waals surface area contributed by atoms with Gasteiger partial charge in [0.2, 0.25) is 0 Å². The normalized spacial score (nSPS) is 38.5. The van der Waals surface area contributed by atoms with E-state index < -0.39 is 11.7 Å². The first-order valence-corrected chi connectivity index (χ1v) is 8.29. The van der Waals surface area contributed by atoms with Crippen molar-refractivity contribution in [2.45, 2.75) is 71.8 Å². The summed E-state index contributed by atoms with van der Waals surface area (Å²) < 4.78 is 5.25. The topological polar surface area (TPSA) is 50.7 Å². The molecule has 0 spiro atoms. The van der Waals surface area contributed by atoms with Crippen molar-refractivity contribution in [2.75, 3.05) is 0 Å². The first-order valence-electron chi connectivity index (χ1n) is 8.29. The Labute approximate surface area is 127 Å². The van der Waals surface area contributed by atoms with E-state index in [0.717, 1.165) is 23.5 Å². The molecular weight excluding hydrogens is 264 g/mol. The van der Waals surface area contributed by atoms with Gasteiger partial charge in [0.1, 0.15) is 5.60 Å². The molecule has 21 heavy (non-hydrogen) atoms. The monoisotopic (exact) mass is 292 g/mol. The zero-order chi connectivity index (χ0) is 15.3. The number of nitrogens with one attached hydrogen (secondary N) is 1. The van der Waals surface area contributed by atoms with Gasteiger partial charge in [0, 0.05) is 11.1 Å². The molecule has 4 rings (SSSR count). The highest BCUT2D eigenvalue weighted by atomic mass is 16.6. The first kappa shape index (κ1) is 14.9. The van der Waals surface area contributed by atoms with Crippen molar-refractivity contribution >= 4 is 11.8 Å². The first-order chi connectivity index (χ1) is 9.76. The summed E-state index contributed by atoms with van der Waals surface area (Å²) in [7, 11) is 0. The number of ether oxygens (including phenoxy) is 1. The van der Waals surface area contributed by atoms with Crippen LogP contribution >= 0.6 is 0 Å². The van der Waals surface area contributed by atoms with Gasteiger partial charge < -0.3 is 4.74 Å². The third kappa shape index (κ3) is 3.09. The van der Waals surface area contributed by atoms with Gasteiger partial charge in [-0.3, -0.25) is 0 Å². The van der Waals surface area contributed by atoms with Crippen LogP contribution in [0.5, 0.6) is 0 Å². The maximum atomic E-state index is 11.7. The number of hydrogen-bond donors (Lipinski definition) is 1. The van der Waals surface area contributed by atoms with Crippen molar-refractivity contribution in [1.82, 2.24) is 5.43 Å². The zero-order valence-electron chi connectivity index (χ0n) is 13.7. The van der Waals surface area contributed by atoms with Crippen LogP contribution in [0.4, 0.5) is 4.79 Å². The summed E-state index contributed by atoms with van der Waals surface area (Å²) in [6.45, 7) is 7.68. The van der Waals surface area contributed by atoms with Gasteiger partial charge in [0.05, 0.1) is 0 Å². The SMILES string of the molecule is CC(=NNC(=O)OC(C)(C)C)C12CC3CC(CC(C3)C1)C2. The Hall–Kier alpha value is -1.06. The van der Waals surface area contributed by atoms with Crippen LogP contribution in [0.3, 0.4) is 0 Å². The molecule has 0 saturated heterocycles. The molecule has 0 atom stereocenters. The van der Waals surface area contributed by atoms with Gasteiger partial charge in [-0.25, -0.2) is 10.2 Å². The number of carbonyl (C=O) groups excluding carboxylic acids is 1. The van der Waals surface area contributed by atoms with Crippen molar-refractivity contribution in [1.29, 1.82) is 0 Å². The largest absolute Gasteiger partial charge is 0.443 e. The number of amides is 1. The molecule has 4 bridgehead atoms. The Kier molecular flexibility index (Phi) is 3.53. The predicted molar refractivity (Wildman–Crippen MR) is 83.1 cm³/mol.